The first kappa shape index (κ1) is 12.7. The molecule has 0 aliphatic carbocycles. The first-order valence-corrected chi connectivity index (χ1v) is 5.14. The molecule has 2 rings (SSSR count). The molecule has 18 heavy (non-hydrogen) atoms. The highest BCUT2D eigenvalue weighted by atomic mass is 19.1. The lowest BCUT2D eigenvalue weighted by atomic mass is 10.1. The van der Waals surface area contributed by atoms with E-state index in [1.54, 1.807) is 0 Å². The number of ether oxygens (including phenoxy) is 1. The Balaban J connectivity index is 2.45. The number of halogens is 1. The van der Waals surface area contributed by atoms with Crippen LogP contribution in [0.4, 0.5) is 4.39 Å². The Kier molecular flexibility index (Phi) is 3.41. The van der Waals surface area contributed by atoms with Crippen molar-refractivity contribution in [1.82, 2.24) is 9.55 Å². The number of aromatic nitrogens is 2. The van der Waals surface area contributed by atoms with Gasteiger partial charge in [0.05, 0.1) is 12.9 Å². The second-order valence-corrected chi connectivity index (χ2v) is 3.78. The van der Waals surface area contributed by atoms with E-state index in [1.165, 1.54) is 0 Å². The zero-order chi connectivity index (χ0) is 13.3. The fraction of sp³-hybridized carbons (Fsp3) is 0.400. The summed E-state index contributed by atoms with van der Waals surface area (Å²) in [6, 6.07) is 1.07. The fourth-order valence-electron chi connectivity index (χ4n) is 1.78. The van der Waals surface area contributed by atoms with Crippen molar-refractivity contribution in [1.29, 1.82) is 0 Å². The van der Waals surface area contributed by atoms with Gasteiger partial charge in [0.25, 0.3) is 5.56 Å². The topological polar surface area (TPSA) is 105 Å². The quantitative estimate of drug-likeness (QED) is 0.607. The first-order chi connectivity index (χ1) is 8.58. The lowest BCUT2D eigenvalue weighted by Crippen LogP contribution is -2.32. The molecular formula is C10H11FN2O5. The Hall–Kier alpha value is -1.77. The van der Waals surface area contributed by atoms with Crippen LogP contribution in [0.25, 0.3) is 0 Å². The molecule has 0 spiro atoms. The molecule has 1 saturated heterocycles. The zero-order valence-corrected chi connectivity index (χ0v) is 9.12. The lowest BCUT2D eigenvalue weighted by Gasteiger charge is -2.14. The first-order valence-electron chi connectivity index (χ1n) is 5.14. The molecule has 1 aromatic heterocycles. The molecular weight excluding hydrogens is 247 g/mol. The molecule has 0 saturated carbocycles. The summed E-state index contributed by atoms with van der Waals surface area (Å²) < 4.78 is 18.8. The highest BCUT2D eigenvalue weighted by Gasteiger charge is 2.40. The Bertz CT molecular complexity index is 578. The fourth-order valence-corrected chi connectivity index (χ4v) is 1.78. The molecule has 98 valence electrons. The number of H-pyrrole nitrogens is 1. The number of nitrogens with zero attached hydrogens (tertiary/aromatic N) is 1. The van der Waals surface area contributed by atoms with E-state index in [1.807, 2.05) is 4.98 Å². The van der Waals surface area contributed by atoms with Crippen molar-refractivity contribution in [2.24, 2.45) is 0 Å². The summed E-state index contributed by atoms with van der Waals surface area (Å²) in [6.07, 6.45) is -2.30. The van der Waals surface area contributed by atoms with Crippen LogP contribution in [0, 0.1) is 0 Å². The molecule has 7 nitrogen and oxygen atoms in total. The van der Waals surface area contributed by atoms with Gasteiger partial charge in [0.1, 0.15) is 12.2 Å². The molecule has 3 N–H and O–H groups in total. The average molecular weight is 258 g/mol. The molecule has 8 heteroatoms. The maximum atomic E-state index is 12.7. The van der Waals surface area contributed by atoms with Gasteiger partial charge >= 0.3 is 5.69 Å². The maximum Gasteiger partial charge on any atom is 0.330 e. The van der Waals surface area contributed by atoms with E-state index >= 15 is 0 Å². The van der Waals surface area contributed by atoms with Crippen molar-refractivity contribution in [3.63, 3.8) is 0 Å². The second-order valence-electron chi connectivity index (χ2n) is 3.78. The van der Waals surface area contributed by atoms with E-state index < -0.39 is 36.3 Å². The molecule has 1 aliphatic rings. The minimum Gasteiger partial charge on any atom is -0.394 e. The minimum atomic E-state index is -1.34. The predicted molar refractivity (Wildman–Crippen MR) is 57.5 cm³/mol. The zero-order valence-electron chi connectivity index (χ0n) is 9.12. The summed E-state index contributed by atoms with van der Waals surface area (Å²) in [7, 11) is 0. The van der Waals surface area contributed by atoms with Gasteiger partial charge in [0, 0.05) is 17.8 Å². The molecule has 0 radical (unpaired) electrons. The number of nitrogens with one attached hydrogen (secondary N) is 1. The van der Waals surface area contributed by atoms with Crippen LogP contribution in [-0.4, -0.2) is 38.6 Å². The van der Waals surface area contributed by atoms with Crippen LogP contribution in [0.15, 0.2) is 33.8 Å². The maximum absolute atomic E-state index is 12.7. The number of hydrogen-bond acceptors (Lipinski definition) is 5. The molecule has 3 atom stereocenters. The normalized spacial score (nSPS) is 29.9. The minimum absolute atomic E-state index is 0.128. The lowest BCUT2D eigenvalue weighted by molar-refractivity contribution is -0.0448. The molecule has 0 amide bonds. The summed E-state index contributed by atoms with van der Waals surface area (Å²) >= 11 is 0. The van der Waals surface area contributed by atoms with E-state index in [0.29, 0.717) is 0 Å². The summed E-state index contributed by atoms with van der Waals surface area (Å²) in [5.41, 5.74) is -1.58. The summed E-state index contributed by atoms with van der Waals surface area (Å²) in [4.78, 5) is 24.4. The van der Waals surface area contributed by atoms with Crippen LogP contribution in [0.2, 0.25) is 0 Å². The van der Waals surface area contributed by atoms with Crippen molar-refractivity contribution >= 4 is 0 Å². The van der Waals surface area contributed by atoms with Gasteiger partial charge in [0.2, 0.25) is 0 Å². The Morgan fingerprint density at radius 3 is 2.83 bits per heavy atom. The van der Waals surface area contributed by atoms with Gasteiger partial charge in [-0.25, -0.2) is 9.18 Å². The van der Waals surface area contributed by atoms with E-state index in [-0.39, 0.29) is 11.9 Å². The highest BCUT2D eigenvalue weighted by Crippen LogP contribution is 2.33. The van der Waals surface area contributed by atoms with Gasteiger partial charge in [-0.1, -0.05) is 0 Å². The molecule has 0 bridgehead atoms. The molecule has 1 aliphatic heterocycles. The van der Waals surface area contributed by atoms with Crippen LogP contribution in [0.1, 0.15) is 6.23 Å². The Labute approximate surface area is 99.8 Å². The van der Waals surface area contributed by atoms with Crippen molar-refractivity contribution in [2.75, 3.05) is 6.61 Å². The standard InChI is InChI=1S/C10H11FN2O5/c11-3-5-8(16)6(4-14)18-9(5)13-2-1-7(15)12-10(13)17/h1-3,6,8-9,14,16H,4H2,(H,12,15,17)/b5-3-/t6-,8?,9-/m0/s1. The molecule has 1 fully saturated rings. The van der Waals surface area contributed by atoms with Crippen LogP contribution >= 0.6 is 0 Å². The number of aromatic amines is 1. The average Bonchev–Trinajstić information content (AvgIpc) is 2.65. The molecule has 2 heterocycles. The van der Waals surface area contributed by atoms with Crippen molar-refractivity contribution < 1.29 is 19.3 Å². The number of aliphatic hydroxyl groups is 2. The summed E-state index contributed by atoms with van der Waals surface area (Å²) in [5, 5.41) is 18.6. The van der Waals surface area contributed by atoms with Gasteiger partial charge in [-0.3, -0.25) is 14.3 Å². The summed E-state index contributed by atoms with van der Waals surface area (Å²) in [5.74, 6) is 0. The van der Waals surface area contributed by atoms with Gasteiger partial charge < -0.3 is 14.9 Å². The van der Waals surface area contributed by atoms with Crippen molar-refractivity contribution in [3.05, 3.63) is 45.0 Å². The van der Waals surface area contributed by atoms with E-state index in [0.717, 1.165) is 16.8 Å². The van der Waals surface area contributed by atoms with E-state index in [2.05, 4.69) is 0 Å². The SMILES string of the molecule is O=c1ccn([C@H]2O[C@@H](CO)C(O)/C2=C/F)c(=O)[nH]1. The third kappa shape index (κ3) is 2.01. The number of hydrogen-bond donors (Lipinski definition) is 3. The van der Waals surface area contributed by atoms with Gasteiger partial charge in [-0.2, -0.15) is 0 Å². The third-order valence-corrected chi connectivity index (χ3v) is 2.69. The Morgan fingerprint density at radius 2 is 2.28 bits per heavy atom. The second kappa shape index (κ2) is 4.84. The van der Waals surface area contributed by atoms with Gasteiger partial charge in [0.15, 0.2) is 6.23 Å². The van der Waals surface area contributed by atoms with Gasteiger partial charge in [-0.15, -0.1) is 0 Å². The van der Waals surface area contributed by atoms with Crippen molar-refractivity contribution in [2.45, 2.75) is 18.4 Å². The van der Waals surface area contributed by atoms with Crippen LogP contribution in [0.5, 0.6) is 0 Å². The van der Waals surface area contributed by atoms with Crippen LogP contribution in [-0.2, 0) is 4.74 Å². The van der Waals surface area contributed by atoms with Gasteiger partial charge in [-0.05, 0) is 0 Å². The molecule has 1 unspecified atom stereocenters. The smallest absolute Gasteiger partial charge is 0.330 e. The van der Waals surface area contributed by atoms with Crippen molar-refractivity contribution in [3.8, 4) is 0 Å². The number of aliphatic hydroxyl groups excluding tert-OH is 2. The Morgan fingerprint density at radius 1 is 1.56 bits per heavy atom. The monoisotopic (exact) mass is 258 g/mol. The van der Waals surface area contributed by atoms with E-state index in [4.69, 9.17) is 9.84 Å². The van der Waals surface area contributed by atoms with Crippen LogP contribution < -0.4 is 11.2 Å². The third-order valence-electron chi connectivity index (χ3n) is 2.69. The summed E-state index contributed by atoms with van der Waals surface area (Å²) in [6.45, 7) is -0.521. The molecule has 0 aromatic carbocycles. The highest BCUT2D eigenvalue weighted by molar-refractivity contribution is 5.16. The molecule has 1 aromatic rings. The predicted octanol–water partition coefficient (Wildman–Crippen LogP) is -1.36. The van der Waals surface area contributed by atoms with E-state index in [9.17, 15) is 19.1 Å². The largest absolute Gasteiger partial charge is 0.394 e. The van der Waals surface area contributed by atoms with Crippen LogP contribution in [0.3, 0.4) is 0 Å². The number of rotatable bonds is 2.